The molecule has 1 aliphatic carbocycles. The highest BCUT2D eigenvalue weighted by atomic mass is 16.3. The van der Waals surface area contributed by atoms with Crippen molar-refractivity contribution in [2.45, 2.75) is 25.9 Å². The van der Waals surface area contributed by atoms with Crippen LogP contribution in [-0.4, -0.2) is 11.2 Å². The number of benzene rings is 1. The molecule has 1 aromatic heterocycles. The molecule has 1 unspecified atom stereocenters. The molecule has 16 heavy (non-hydrogen) atoms. The van der Waals surface area contributed by atoms with Gasteiger partial charge in [-0.3, -0.25) is 0 Å². The fourth-order valence-electron chi connectivity index (χ4n) is 2.23. The van der Waals surface area contributed by atoms with Crippen molar-refractivity contribution in [3.05, 3.63) is 41.7 Å². The molecule has 0 amide bonds. The van der Waals surface area contributed by atoms with Gasteiger partial charge in [-0.25, -0.2) is 0 Å². The van der Waals surface area contributed by atoms with Gasteiger partial charge >= 0.3 is 0 Å². The minimum atomic E-state index is -0.301. The Bertz CT molecular complexity index is 563. The minimum absolute atomic E-state index is 0.301. The summed E-state index contributed by atoms with van der Waals surface area (Å²) in [7, 11) is 0. The van der Waals surface area contributed by atoms with Crippen molar-refractivity contribution in [3.63, 3.8) is 0 Å². The van der Waals surface area contributed by atoms with Crippen molar-refractivity contribution in [3.8, 4) is 0 Å². The maximum Gasteiger partial charge on any atom is 0.134 e. The maximum absolute atomic E-state index is 9.46. The zero-order chi connectivity index (χ0) is 11.1. The number of rotatable bonds is 1. The van der Waals surface area contributed by atoms with Crippen molar-refractivity contribution < 1.29 is 9.52 Å². The van der Waals surface area contributed by atoms with Crippen LogP contribution < -0.4 is 0 Å². The van der Waals surface area contributed by atoms with Crippen LogP contribution in [-0.2, 0) is 0 Å². The fraction of sp³-hybridized carbons (Fsp3) is 0.286. The van der Waals surface area contributed by atoms with Gasteiger partial charge in [-0.05, 0) is 49.6 Å². The maximum atomic E-state index is 9.46. The third kappa shape index (κ3) is 1.55. The summed E-state index contributed by atoms with van der Waals surface area (Å²) in [6.45, 7) is 2.07. The van der Waals surface area contributed by atoms with Crippen LogP contribution in [0.4, 0.5) is 0 Å². The van der Waals surface area contributed by atoms with Gasteiger partial charge in [0, 0.05) is 5.39 Å². The summed E-state index contributed by atoms with van der Waals surface area (Å²) in [6.07, 6.45) is 3.31. The van der Waals surface area contributed by atoms with Crippen LogP contribution >= 0.6 is 0 Å². The number of fused-ring (bicyclic) bond motifs is 1. The summed E-state index contributed by atoms with van der Waals surface area (Å²) < 4.78 is 5.78. The van der Waals surface area contributed by atoms with Crippen molar-refractivity contribution in [1.29, 1.82) is 0 Å². The summed E-state index contributed by atoms with van der Waals surface area (Å²) >= 11 is 0. The van der Waals surface area contributed by atoms with Gasteiger partial charge in [-0.2, -0.15) is 0 Å². The SMILES string of the molecule is Cc1ccc2oc(C3=CC(O)CC3)cc2c1. The molecule has 0 bridgehead atoms. The van der Waals surface area contributed by atoms with E-state index < -0.39 is 0 Å². The van der Waals surface area contributed by atoms with Gasteiger partial charge in [0.1, 0.15) is 11.3 Å². The van der Waals surface area contributed by atoms with E-state index in [0.717, 1.165) is 35.1 Å². The Kier molecular flexibility index (Phi) is 2.11. The lowest BCUT2D eigenvalue weighted by atomic mass is 10.1. The van der Waals surface area contributed by atoms with Gasteiger partial charge in [-0.1, -0.05) is 11.6 Å². The Morgan fingerprint density at radius 1 is 1.31 bits per heavy atom. The Morgan fingerprint density at radius 2 is 2.19 bits per heavy atom. The topological polar surface area (TPSA) is 33.4 Å². The normalized spacial score (nSPS) is 20.4. The molecular weight excluding hydrogens is 200 g/mol. The summed E-state index contributed by atoms with van der Waals surface area (Å²) in [4.78, 5) is 0. The third-order valence-electron chi connectivity index (χ3n) is 3.09. The van der Waals surface area contributed by atoms with E-state index >= 15 is 0 Å². The van der Waals surface area contributed by atoms with Crippen molar-refractivity contribution in [2.75, 3.05) is 0 Å². The van der Waals surface area contributed by atoms with Gasteiger partial charge in [0.2, 0.25) is 0 Å². The van der Waals surface area contributed by atoms with Crippen molar-refractivity contribution in [1.82, 2.24) is 0 Å². The van der Waals surface area contributed by atoms with E-state index in [1.807, 2.05) is 18.2 Å². The number of aliphatic hydroxyl groups excluding tert-OH is 1. The van der Waals surface area contributed by atoms with Gasteiger partial charge in [-0.15, -0.1) is 0 Å². The summed E-state index contributed by atoms with van der Waals surface area (Å²) in [5, 5.41) is 10.6. The molecule has 1 aromatic carbocycles. The van der Waals surface area contributed by atoms with Gasteiger partial charge in [0.25, 0.3) is 0 Å². The lowest BCUT2D eigenvalue weighted by molar-refractivity contribution is 0.223. The molecule has 1 atom stereocenters. The second-order valence-electron chi connectivity index (χ2n) is 4.45. The Balaban J connectivity index is 2.09. The first-order valence-corrected chi connectivity index (χ1v) is 5.62. The average molecular weight is 214 g/mol. The highest BCUT2D eigenvalue weighted by Gasteiger charge is 2.17. The predicted octanol–water partition coefficient (Wildman–Crippen LogP) is 3.28. The van der Waals surface area contributed by atoms with Crippen molar-refractivity contribution >= 4 is 16.5 Å². The number of hydrogen-bond donors (Lipinski definition) is 1. The molecule has 2 nitrogen and oxygen atoms in total. The van der Waals surface area contributed by atoms with Crippen LogP contribution in [0.3, 0.4) is 0 Å². The summed E-state index contributed by atoms with van der Waals surface area (Å²) in [5.41, 5.74) is 3.28. The predicted molar refractivity (Wildman–Crippen MR) is 64.2 cm³/mol. The van der Waals surface area contributed by atoms with Crippen LogP contribution in [0.25, 0.3) is 16.5 Å². The smallest absolute Gasteiger partial charge is 0.134 e. The first kappa shape index (κ1) is 9.67. The van der Waals surface area contributed by atoms with Crippen LogP contribution in [0.1, 0.15) is 24.2 Å². The summed E-state index contributed by atoms with van der Waals surface area (Å²) in [5.74, 6) is 0.900. The average Bonchev–Trinajstić information content (AvgIpc) is 2.83. The van der Waals surface area contributed by atoms with Gasteiger partial charge in [0.15, 0.2) is 0 Å². The summed E-state index contributed by atoms with van der Waals surface area (Å²) in [6, 6.07) is 8.23. The molecule has 82 valence electrons. The second kappa shape index (κ2) is 3.49. The molecule has 0 saturated heterocycles. The zero-order valence-electron chi connectivity index (χ0n) is 9.23. The second-order valence-corrected chi connectivity index (χ2v) is 4.45. The highest BCUT2D eigenvalue weighted by Crippen LogP contribution is 2.32. The molecule has 1 heterocycles. The quantitative estimate of drug-likeness (QED) is 0.790. The molecule has 0 saturated carbocycles. The van der Waals surface area contributed by atoms with E-state index in [0.29, 0.717) is 0 Å². The highest BCUT2D eigenvalue weighted by molar-refractivity contribution is 5.82. The molecule has 0 aliphatic heterocycles. The third-order valence-corrected chi connectivity index (χ3v) is 3.09. The van der Waals surface area contributed by atoms with Crippen LogP contribution in [0, 0.1) is 6.92 Å². The molecule has 3 rings (SSSR count). The molecule has 0 fully saturated rings. The molecule has 1 aliphatic rings. The Labute approximate surface area is 94.2 Å². The Morgan fingerprint density at radius 3 is 2.94 bits per heavy atom. The number of aliphatic hydroxyl groups is 1. The zero-order valence-corrected chi connectivity index (χ0v) is 9.23. The van der Waals surface area contributed by atoms with Gasteiger partial charge in [0.05, 0.1) is 6.10 Å². The largest absolute Gasteiger partial charge is 0.456 e. The molecule has 0 radical (unpaired) electrons. The van der Waals surface area contributed by atoms with E-state index in [9.17, 15) is 5.11 Å². The van der Waals surface area contributed by atoms with E-state index in [-0.39, 0.29) is 6.10 Å². The number of aryl methyl sites for hydroxylation is 1. The lowest BCUT2D eigenvalue weighted by Crippen LogP contribution is -1.93. The van der Waals surface area contributed by atoms with E-state index in [4.69, 9.17) is 4.42 Å². The number of furan rings is 1. The lowest BCUT2D eigenvalue weighted by Gasteiger charge is -1.93. The first-order valence-electron chi connectivity index (χ1n) is 5.62. The monoisotopic (exact) mass is 214 g/mol. The van der Waals surface area contributed by atoms with Crippen LogP contribution in [0.15, 0.2) is 34.8 Å². The van der Waals surface area contributed by atoms with Gasteiger partial charge < -0.3 is 9.52 Å². The van der Waals surface area contributed by atoms with E-state index in [1.54, 1.807) is 0 Å². The molecular formula is C14H14O2. The first-order chi connectivity index (χ1) is 7.72. The van der Waals surface area contributed by atoms with Crippen LogP contribution in [0.5, 0.6) is 0 Å². The van der Waals surface area contributed by atoms with E-state index in [1.165, 1.54) is 5.56 Å². The van der Waals surface area contributed by atoms with Crippen molar-refractivity contribution in [2.24, 2.45) is 0 Å². The standard InChI is InChI=1S/C14H14O2/c1-9-2-5-13-11(6-9)8-14(16-13)10-3-4-12(15)7-10/h2,5-8,12,15H,3-4H2,1H3. The molecule has 0 spiro atoms. The minimum Gasteiger partial charge on any atom is -0.456 e. The molecule has 2 aromatic rings. The number of hydrogen-bond acceptors (Lipinski definition) is 2. The number of allylic oxidation sites excluding steroid dienone is 1. The van der Waals surface area contributed by atoms with E-state index in [2.05, 4.69) is 19.1 Å². The molecule has 1 N–H and O–H groups in total. The van der Waals surface area contributed by atoms with Crippen LogP contribution in [0.2, 0.25) is 0 Å². The molecule has 2 heteroatoms. The Hall–Kier alpha value is -1.54. The fourth-order valence-corrected chi connectivity index (χ4v) is 2.23.